The summed E-state index contributed by atoms with van der Waals surface area (Å²) in [6, 6.07) is 17.9. The number of carbonyl (C=O) groups excluding carboxylic acids is 3. The summed E-state index contributed by atoms with van der Waals surface area (Å²) >= 11 is 1.37. The summed E-state index contributed by atoms with van der Waals surface area (Å²) in [5.41, 5.74) is 1.25. The normalized spacial score (nSPS) is 15.8. The van der Waals surface area contributed by atoms with E-state index in [1.165, 1.54) is 16.2 Å². The summed E-state index contributed by atoms with van der Waals surface area (Å²) in [6.07, 6.45) is 0. The van der Waals surface area contributed by atoms with Crippen LogP contribution >= 0.6 is 11.3 Å². The van der Waals surface area contributed by atoms with E-state index in [4.69, 9.17) is 9.15 Å². The Bertz CT molecular complexity index is 1450. The van der Waals surface area contributed by atoms with Crippen LogP contribution in [0.4, 0.5) is 5.69 Å². The number of esters is 1. The van der Waals surface area contributed by atoms with Crippen LogP contribution in [0.1, 0.15) is 45.7 Å². The van der Waals surface area contributed by atoms with Crippen molar-refractivity contribution in [2.45, 2.75) is 19.9 Å². The fourth-order valence-corrected chi connectivity index (χ4v) is 4.95. The number of Topliss-reactive ketones (excluding diaryl/α,β-unsaturated/α-hetero) is 1. The second-order valence-electron chi connectivity index (χ2n) is 8.87. The molecule has 4 aromatic rings. The van der Waals surface area contributed by atoms with Gasteiger partial charge >= 0.3 is 5.97 Å². The summed E-state index contributed by atoms with van der Waals surface area (Å²) < 4.78 is 11.0. The molecular weight excluding hydrogens is 478 g/mol. The Hall–Kier alpha value is -4.17. The van der Waals surface area contributed by atoms with E-state index in [-0.39, 0.29) is 17.3 Å². The van der Waals surface area contributed by atoms with Crippen molar-refractivity contribution >= 4 is 45.7 Å². The highest BCUT2D eigenvalue weighted by Crippen LogP contribution is 2.43. The number of aliphatic hydroxyl groups excluding tert-OH is 1. The third kappa shape index (κ3) is 4.20. The molecular formula is C28H23NO6S. The number of thiophene rings is 1. The number of para-hydroxylation sites is 1. The van der Waals surface area contributed by atoms with E-state index in [0.29, 0.717) is 28.3 Å². The predicted octanol–water partition coefficient (Wildman–Crippen LogP) is 6.09. The average Bonchev–Trinajstić information content (AvgIpc) is 3.61. The van der Waals surface area contributed by atoms with Crippen LogP contribution < -0.4 is 4.90 Å². The molecule has 0 bridgehead atoms. The molecule has 2 aromatic heterocycles. The molecule has 7 nitrogen and oxygen atoms in total. The van der Waals surface area contributed by atoms with Gasteiger partial charge in [0.05, 0.1) is 17.7 Å². The minimum absolute atomic E-state index is 0.0391. The van der Waals surface area contributed by atoms with Gasteiger partial charge in [-0.25, -0.2) is 4.79 Å². The lowest BCUT2D eigenvalue weighted by Gasteiger charge is -2.25. The molecule has 0 aliphatic carbocycles. The number of ketones is 1. The van der Waals surface area contributed by atoms with Crippen molar-refractivity contribution in [2.75, 3.05) is 11.5 Å². The molecule has 3 heterocycles. The number of rotatable bonds is 7. The number of fused-ring (bicyclic) bond motifs is 1. The summed E-state index contributed by atoms with van der Waals surface area (Å²) in [7, 11) is 0. The molecule has 1 aliphatic rings. The second-order valence-corrected chi connectivity index (χ2v) is 9.85. The first-order chi connectivity index (χ1) is 17.3. The second kappa shape index (κ2) is 9.47. The molecule has 0 saturated heterocycles. The van der Waals surface area contributed by atoms with Crippen molar-refractivity contribution in [3.8, 4) is 0 Å². The molecule has 0 fully saturated rings. The van der Waals surface area contributed by atoms with Crippen LogP contribution in [0.25, 0.3) is 11.0 Å². The highest BCUT2D eigenvalue weighted by Gasteiger charge is 2.45. The molecule has 1 atom stereocenters. The van der Waals surface area contributed by atoms with E-state index >= 15 is 0 Å². The first-order valence-corrected chi connectivity index (χ1v) is 12.3. The topological polar surface area (TPSA) is 97.0 Å². The Morgan fingerprint density at radius 1 is 1.08 bits per heavy atom. The standard InChI is InChI=1S/C28H23NO6S/c1-16(2)15-34-28(33)17-9-11-19(12-10-17)29-24(22-8-5-13-36-22)23(26(31)27(29)32)25(30)21-14-18-6-3-4-7-20(18)35-21/h3-14,16,24,31H,15H2,1-2H3. The molecule has 0 saturated carbocycles. The minimum Gasteiger partial charge on any atom is -0.503 e. The molecule has 2 aromatic carbocycles. The number of amides is 1. The van der Waals surface area contributed by atoms with Crippen molar-refractivity contribution < 1.29 is 28.6 Å². The summed E-state index contributed by atoms with van der Waals surface area (Å²) in [5.74, 6) is -2.11. The van der Waals surface area contributed by atoms with Crippen LogP contribution in [0.3, 0.4) is 0 Å². The lowest BCUT2D eigenvalue weighted by Crippen LogP contribution is -2.30. The smallest absolute Gasteiger partial charge is 0.338 e. The first kappa shape index (κ1) is 23.6. The maximum absolute atomic E-state index is 13.6. The molecule has 1 N–H and O–H groups in total. The number of hydrogen-bond donors (Lipinski definition) is 1. The zero-order valence-electron chi connectivity index (χ0n) is 19.6. The maximum Gasteiger partial charge on any atom is 0.338 e. The molecule has 1 aliphatic heterocycles. The van der Waals surface area contributed by atoms with Gasteiger partial charge in [0.25, 0.3) is 5.91 Å². The Morgan fingerprint density at radius 3 is 2.50 bits per heavy atom. The van der Waals surface area contributed by atoms with Crippen molar-refractivity contribution in [1.29, 1.82) is 0 Å². The predicted molar refractivity (Wildman–Crippen MR) is 136 cm³/mol. The molecule has 182 valence electrons. The zero-order valence-corrected chi connectivity index (χ0v) is 20.5. The number of nitrogens with zero attached hydrogens (tertiary/aromatic N) is 1. The molecule has 0 radical (unpaired) electrons. The SMILES string of the molecule is CC(C)COC(=O)c1ccc(N2C(=O)C(O)=C(C(=O)c3cc4ccccc4o3)C2c2cccs2)cc1. The number of carbonyl (C=O) groups is 3. The van der Waals surface area contributed by atoms with Crippen LogP contribution in [0.5, 0.6) is 0 Å². The number of benzene rings is 2. The van der Waals surface area contributed by atoms with E-state index in [9.17, 15) is 19.5 Å². The lowest BCUT2D eigenvalue weighted by molar-refractivity contribution is -0.117. The summed E-state index contributed by atoms with van der Waals surface area (Å²) in [6.45, 7) is 4.20. The Balaban J connectivity index is 1.51. The lowest BCUT2D eigenvalue weighted by atomic mass is 10.00. The van der Waals surface area contributed by atoms with Gasteiger partial charge in [-0.1, -0.05) is 38.1 Å². The molecule has 5 rings (SSSR count). The van der Waals surface area contributed by atoms with Gasteiger partial charge in [0.2, 0.25) is 5.78 Å². The van der Waals surface area contributed by atoms with Crippen molar-refractivity contribution in [3.63, 3.8) is 0 Å². The molecule has 8 heteroatoms. The summed E-state index contributed by atoms with van der Waals surface area (Å²) in [4.78, 5) is 41.2. The van der Waals surface area contributed by atoms with Gasteiger partial charge in [-0.05, 0) is 53.8 Å². The van der Waals surface area contributed by atoms with Gasteiger partial charge in [-0.2, -0.15) is 0 Å². The molecule has 36 heavy (non-hydrogen) atoms. The fraction of sp³-hybridized carbons (Fsp3) is 0.179. The van der Waals surface area contributed by atoms with E-state index in [2.05, 4.69) is 0 Å². The minimum atomic E-state index is -0.850. The monoisotopic (exact) mass is 501 g/mol. The third-order valence-corrected chi connectivity index (χ3v) is 6.77. The van der Waals surface area contributed by atoms with Crippen molar-refractivity contribution in [1.82, 2.24) is 0 Å². The quantitative estimate of drug-likeness (QED) is 0.243. The van der Waals surface area contributed by atoms with Gasteiger partial charge in [-0.3, -0.25) is 14.5 Å². The fourth-order valence-electron chi connectivity index (χ4n) is 4.13. The highest BCUT2D eigenvalue weighted by atomic mass is 32.1. The van der Waals surface area contributed by atoms with Crippen LogP contribution in [0.2, 0.25) is 0 Å². The zero-order chi connectivity index (χ0) is 25.4. The Kier molecular flexibility index (Phi) is 6.20. The first-order valence-electron chi connectivity index (χ1n) is 11.5. The van der Waals surface area contributed by atoms with Crippen LogP contribution in [0, 0.1) is 5.92 Å². The van der Waals surface area contributed by atoms with E-state index in [1.807, 2.05) is 37.4 Å². The largest absolute Gasteiger partial charge is 0.503 e. The Labute approximate surface area is 211 Å². The maximum atomic E-state index is 13.6. The van der Waals surface area contributed by atoms with Gasteiger partial charge in [0.15, 0.2) is 11.5 Å². The van der Waals surface area contributed by atoms with Crippen molar-refractivity contribution in [2.24, 2.45) is 5.92 Å². The molecule has 1 unspecified atom stereocenters. The van der Waals surface area contributed by atoms with E-state index < -0.39 is 29.5 Å². The summed E-state index contributed by atoms with van der Waals surface area (Å²) in [5, 5.41) is 13.5. The van der Waals surface area contributed by atoms with E-state index in [1.54, 1.807) is 48.5 Å². The number of furan rings is 1. The van der Waals surface area contributed by atoms with Gasteiger partial charge in [0, 0.05) is 16.0 Å². The highest BCUT2D eigenvalue weighted by molar-refractivity contribution is 7.10. The average molecular weight is 502 g/mol. The number of ether oxygens (including phenoxy) is 1. The van der Waals surface area contributed by atoms with E-state index in [0.717, 1.165) is 5.39 Å². The van der Waals surface area contributed by atoms with Gasteiger partial charge in [0.1, 0.15) is 11.6 Å². The van der Waals surface area contributed by atoms with Gasteiger partial charge in [-0.15, -0.1) is 11.3 Å². The van der Waals surface area contributed by atoms with Gasteiger partial charge < -0.3 is 14.3 Å². The Morgan fingerprint density at radius 2 is 1.83 bits per heavy atom. The number of anilines is 1. The van der Waals surface area contributed by atoms with Crippen molar-refractivity contribution in [3.05, 3.63) is 99.6 Å². The molecule has 1 amide bonds. The van der Waals surface area contributed by atoms with Crippen LogP contribution in [-0.2, 0) is 9.53 Å². The number of hydrogen-bond acceptors (Lipinski definition) is 7. The van der Waals surface area contributed by atoms with Crippen LogP contribution in [-0.4, -0.2) is 29.4 Å². The third-order valence-electron chi connectivity index (χ3n) is 5.84. The number of aliphatic hydroxyl groups is 1. The molecule has 0 spiro atoms. The van der Waals surface area contributed by atoms with Crippen LogP contribution in [0.15, 0.2) is 87.9 Å².